The van der Waals surface area contributed by atoms with Gasteiger partial charge in [-0.1, -0.05) is 6.07 Å². The van der Waals surface area contributed by atoms with E-state index < -0.39 is 0 Å². The third-order valence-corrected chi connectivity index (χ3v) is 1.60. The van der Waals surface area contributed by atoms with Crippen LogP contribution in [0.4, 0.5) is 0 Å². The lowest BCUT2D eigenvalue weighted by molar-refractivity contribution is 0.252. The maximum Gasteiger partial charge on any atom is 0.161 e. The average Bonchev–Trinajstić information content (AvgIpc) is 2.08. The molecule has 1 aromatic rings. The van der Waals surface area contributed by atoms with Gasteiger partial charge in [-0.2, -0.15) is 0 Å². The van der Waals surface area contributed by atoms with Crippen molar-refractivity contribution in [1.29, 1.82) is 0 Å². The van der Waals surface area contributed by atoms with Crippen molar-refractivity contribution in [3.63, 3.8) is 0 Å². The van der Waals surface area contributed by atoms with E-state index in [9.17, 15) is 5.11 Å². The summed E-state index contributed by atoms with van der Waals surface area (Å²) >= 11 is 0. The Morgan fingerprint density at radius 3 is 2.92 bits per heavy atom. The van der Waals surface area contributed by atoms with Crippen molar-refractivity contribution in [2.45, 2.75) is 0 Å². The Balaban J connectivity index is 2.41. The van der Waals surface area contributed by atoms with Gasteiger partial charge in [-0.25, -0.2) is 0 Å². The van der Waals surface area contributed by atoms with E-state index in [1.165, 1.54) is 6.07 Å². The number of ether oxygens (including phenoxy) is 1. The van der Waals surface area contributed by atoms with Crippen LogP contribution in [-0.2, 0) is 0 Å². The van der Waals surface area contributed by atoms with E-state index in [0.29, 0.717) is 12.4 Å². The van der Waals surface area contributed by atoms with Crippen LogP contribution in [0.3, 0.4) is 0 Å². The van der Waals surface area contributed by atoms with Gasteiger partial charge >= 0.3 is 0 Å². The molecule has 3 heteroatoms. The van der Waals surface area contributed by atoms with Gasteiger partial charge in [0.2, 0.25) is 0 Å². The molecule has 0 fully saturated rings. The SMILES string of the molecule is CN(C)CCOc1cc[c]cc1O. The highest BCUT2D eigenvalue weighted by molar-refractivity contribution is 5.37. The van der Waals surface area contributed by atoms with Gasteiger partial charge in [-0.3, -0.25) is 0 Å². The number of aromatic hydroxyl groups is 1. The highest BCUT2D eigenvalue weighted by Crippen LogP contribution is 2.23. The Labute approximate surface area is 78.6 Å². The highest BCUT2D eigenvalue weighted by Gasteiger charge is 1.99. The zero-order valence-electron chi connectivity index (χ0n) is 7.95. The molecular weight excluding hydrogens is 166 g/mol. The lowest BCUT2D eigenvalue weighted by Gasteiger charge is -2.11. The summed E-state index contributed by atoms with van der Waals surface area (Å²) in [5.74, 6) is 0.654. The van der Waals surface area contributed by atoms with Gasteiger partial charge in [0.25, 0.3) is 0 Å². The Kier molecular flexibility index (Phi) is 3.58. The number of phenols is 1. The van der Waals surface area contributed by atoms with Crippen LogP contribution in [0.2, 0.25) is 0 Å². The maximum absolute atomic E-state index is 9.31. The van der Waals surface area contributed by atoms with Crippen LogP contribution < -0.4 is 4.74 Å². The summed E-state index contributed by atoms with van der Waals surface area (Å²) in [5, 5.41) is 9.31. The molecule has 0 spiro atoms. The summed E-state index contributed by atoms with van der Waals surface area (Å²) in [6.45, 7) is 1.41. The first-order valence-electron chi connectivity index (χ1n) is 4.17. The maximum atomic E-state index is 9.31. The van der Waals surface area contributed by atoms with Crippen LogP contribution >= 0.6 is 0 Å². The van der Waals surface area contributed by atoms with Gasteiger partial charge < -0.3 is 14.7 Å². The van der Waals surface area contributed by atoms with E-state index >= 15 is 0 Å². The smallest absolute Gasteiger partial charge is 0.161 e. The van der Waals surface area contributed by atoms with Crippen molar-refractivity contribution >= 4 is 0 Å². The quantitative estimate of drug-likeness (QED) is 0.754. The molecule has 0 saturated heterocycles. The first kappa shape index (κ1) is 9.86. The summed E-state index contributed by atoms with van der Waals surface area (Å²) in [5.41, 5.74) is 0. The minimum atomic E-state index is 0.140. The summed E-state index contributed by atoms with van der Waals surface area (Å²) in [4.78, 5) is 2.02. The first-order valence-corrected chi connectivity index (χ1v) is 4.17. The lowest BCUT2D eigenvalue weighted by Crippen LogP contribution is -2.19. The fraction of sp³-hybridized carbons (Fsp3) is 0.400. The van der Waals surface area contributed by atoms with Crippen LogP contribution in [0.15, 0.2) is 18.2 Å². The van der Waals surface area contributed by atoms with E-state index in [1.807, 2.05) is 19.0 Å². The molecule has 0 heterocycles. The molecule has 13 heavy (non-hydrogen) atoms. The lowest BCUT2D eigenvalue weighted by atomic mass is 10.3. The van der Waals surface area contributed by atoms with Gasteiger partial charge in [0.1, 0.15) is 6.61 Å². The number of rotatable bonds is 4. The Hall–Kier alpha value is -1.22. The predicted octanol–water partition coefficient (Wildman–Crippen LogP) is 1.13. The molecule has 0 aromatic heterocycles. The second-order valence-corrected chi connectivity index (χ2v) is 3.05. The summed E-state index contributed by atoms with van der Waals surface area (Å²) in [6.07, 6.45) is 0. The number of hydrogen-bond acceptors (Lipinski definition) is 3. The largest absolute Gasteiger partial charge is 0.504 e. The molecule has 1 N–H and O–H groups in total. The first-order chi connectivity index (χ1) is 6.20. The van der Waals surface area contributed by atoms with Crippen molar-refractivity contribution < 1.29 is 9.84 Å². The molecule has 1 rings (SSSR count). The highest BCUT2D eigenvalue weighted by atomic mass is 16.5. The predicted molar refractivity (Wildman–Crippen MR) is 51.0 cm³/mol. The molecule has 0 aliphatic heterocycles. The van der Waals surface area contributed by atoms with E-state index in [2.05, 4.69) is 6.07 Å². The van der Waals surface area contributed by atoms with Gasteiger partial charge in [0, 0.05) is 6.54 Å². The van der Waals surface area contributed by atoms with E-state index in [0.717, 1.165) is 6.54 Å². The number of phenolic OH excluding ortho intramolecular Hbond substituents is 1. The molecule has 1 aromatic carbocycles. The Morgan fingerprint density at radius 2 is 2.31 bits per heavy atom. The monoisotopic (exact) mass is 180 g/mol. The molecule has 0 aliphatic carbocycles. The number of hydrogen-bond donors (Lipinski definition) is 1. The molecule has 0 amide bonds. The van der Waals surface area contributed by atoms with Crippen LogP contribution in [0.5, 0.6) is 11.5 Å². The zero-order chi connectivity index (χ0) is 9.68. The second-order valence-electron chi connectivity index (χ2n) is 3.05. The molecule has 0 atom stereocenters. The van der Waals surface area contributed by atoms with Crippen LogP contribution in [0.25, 0.3) is 0 Å². The minimum absolute atomic E-state index is 0.140. The number of benzene rings is 1. The van der Waals surface area contributed by atoms with Crippen molar-refractivity contribution in [2.24, 2.45) is 0 Å². The average molecular weight is 180 g/mol. The molecule has 0 saturated carbocycles. The zero-order valence-corrected chi connectivity index (χ0v) is 7.95. The van der Waals surface area contributed by atoms with Crippen LogP contribution in [0, 0.1) is 6.07 Å². The molecule has 71 valence electrons. The van der Waals surface area contributed by atoms with Crippen LogP contribution in [0.1, 0.15) is 0 Å². The topological polar surface area (TPSA) is 32.7 Å². The fourth-order valence-corrected chi connectivity index (χ4v) is 0.868. The standard InChI is InChI=1S/C10H14NO2/c1-11(2)7-8-13-10-6-4-3-5-9(10)12/h4-6,12H,7-8H2,1-2H3. The molecular formula is C10H14NO2. The summed E-state index contributed by atoms with van der Waals surface area (Å²) < 4.78 is 5.34. The molecule has 0 bridgehead atoms. The van der Waals surface area contributed by atoms with E-state index in [4.69, 9.17) is 4.74 Å². The van der Waals surface area contributed by atoms with Crippen LogP contribution in [-0.4, -0.2) is 37.3 Å². The third-order valence-electron chi connectivity index (χ3n) is 1.60. The third kappa shape index (κ3) is 3.34. The van der Waals surface area contributed by atoms with Gasteiger partial charge in [-0.05, 0) is 32.3 Å². The molecule has 1 radical (unpaired) electrons. The second kappa shape index (κ2) is 4.72. The van der Waals surface area contributed by atoms with Crippen molar-refractivity contribution in [3.05, 3.63) is 24.3 Å². The Bertz CT molecular complexity index is 261. The van der Waals surface area contributed by atoms with Gasteiger partial charge in [0.15, 0.2) is 11.5 Å². The van der Waals surface area contributed by atoms with E-state index in [-0.39, 0.29) is 5.75 Å². The molecule has 3 nitrogen and oxygen atoms in total. The van der Waals surface area contributed by atoms with Crippen molar-refractivity contribution in [1.82, 2.24) is 4.90 Å². The Morgan fingerprint density at radius 1 is 1.54 bits per heavy atom. The summed E-state index contributed by atoms with van der Waals surface area (Å²) in [6, 6.07) is 7.66. The summed E-state index contributed by atoms with van der Waals surface area (Å²) in [7, 11) is 3.95. The van der Waals surface area contributed by atoms with Crippen molar-refractivity contribution in [3.8, 4) is 11.5 Å². The number of nitrogens with zero attached hydrogens (tertiary/aromatic N) is 1. The van der Waals surface area contributed by atoms with Gasteiger partial charge in [-0.15, -0.1) is 0 Å². The van der Waals surface area contributed by atoms with Crippen molar-refractivity contribution in [2.75, 3.05) is 27.2 Å². The number of likely N-dealkylation sites (N-methyl/N-ethyl adjacent to an activating group) is 1. The molecule has 0 aliphatic rings. The van der Waals surface area contributed by atoms with E-state index in [1.54, 1.807) is 12.1 Å². The fourth-order valence-electron chi connectivity index (χ4n) is 0.868. The van der Waals surface area contributed by atoms with Gasteiger partial charge in [0.05, 0.1) is 0 Å². The minimum Gasteiger partial charge on any atom is -0.504 e. The molecule has 0 unspecified atom stereocenters. The normalized spacial score (nSPS) is 10.4.